The Bertz CT molecular complexity index is 501. The maximum Gasteiger partial charge on any atom is 0.253 e. The number of nitrogens with two attached hydrogens (primary N) is 1. The highest BCUT2D eigenvalue weighted by Crippen LogP contribution is 2.18. The first kappa shape index (κ1) is 13.3. The van der Waals surface area contributed by atoms with Crippen molar-refractivity contribution >= 4 is 17.5 Å². The van der Waals surface area contributed by atoms with Crippen LogP contribution in [-0.2, 0) is 4.79 Å². The van der Waals surface area contributed by atoms with Crippen LogP contribution in [0, 0.1) is 5.82 Å². The lowest BCUT2D eigenvalue weighted by Gasteiger charge is -2.07. The molecule has 0 aliphatic heterocycles. The molecule has 0 radical (unpaired) electrons. The lowest BCUT2D eigenvalue weighted by atomic mass is 10.1. The second kappa shape index (κ2) is 5.69. The molecule has 0 atom stereocenters. The molecular weight excluding hydrogens is 249 g/mol. The van der Waals surface area contributed by atoms with Gasteiger partial charge in [-0.15, -0.1) is 0 Å². The third-order valence-corrected chi connectivity index (χ3v) is 2.84. The number of carbonyl (C=O) groups excluding carboxylic acids is 2. The highest BCUT2D eigenvalue weighted by Gasteiger charge is 2.22. The Labute approximate surface area is 110 Å². The highest BCUT2D eigenvalue weighted by molar-refractivity contribution is 5.99. The Balaban J connectivity index is 1.78. The number of rotatable bonds is 5. The summed E-state index contributed by atoms with van der Waals surface area (Å²) in [6.07, 6.45) is 2.29. The van der Waals surface area contributed by atoms with Crippen LogP contribution < -0.4 is 16.4 Å². The van der Waals surface area contributed by atoms with E-state index in [4.69, 9.17) is 5.73 Å². The Morgan fingerprint density at radius 3 is 2.74 bits per heavy atom. The lowest BCUT2D eigenvalue weighted by molar-refractivity contribution is -0.121. The van der Waals surface area contributed by atoms with Crippen molar-refractivity contribution in [3.05, 3.63) is 29.6 Å². The number of nitrogens with one attached hydrogen (secondary N) is 2. The maximum absolute atomic E-state index is 12.8. The van der Waals surface area contributed by atoms with Gasteiger partial charge in [-0.2, -0.15) is 0 Å². The van der Waals surface area contributed by atoms with E-state index in [1.807, 2.05) is 0 Å². The van der Waals surface area contributed by atoms with Gasteiger partial charge in [-0.05, 0) is 31.0 Å². The summed E-state index contributed by atoms with van der Waals surface area (Å²) in [6.45, 7) is 0.230. The third kappa shape index (κ3) is 3.94. The minimum atomic E-state index is -0.488. The van der Waals surface area contributed by atoms with Crippen LogP contribution in [0.25, 0.3) is 0 Å². The first-order valence-electron chi connectivity index (χ1n) is 6.19. The number of benzene rings is 1. The van der Waals surface area contributed by atoms with Crippen molar-refractivity contribution in [2.24, 2.45) is 0 Å². The zero-order valence-electron chi connectivity index (χ0n) is 10.4. The smallest absolute Gasteiger partial charge is 0.253 e. The summed E-state index contributed by atoms with van der Waals surface area (Å²) in [5.74, 6) is -0.968. The van der Waals surface area contributed by atoms with Gasteiger partial charge in [0.1, 0.15) is 5.82 Å². The second-order valence-electron chi connectivity index (χ2n) is 4.58. The average molecular weight is 265 g/mol. The first-order chi connectivity index (χ1) is 9.06. The van der Waals surface area contributed by atoms with Crippen LogP contribution in [0.1, 0.15) is 29.6 Å². The van der Waals surface area contributed by atoms with E-state index in [0.29, 0.717) is 6.04 Å². The van der Waals surface area contributed by atoms with Crippen molar-refractivity contribution in [2.75, 3.05) is 12.3 Å². The van der Waals surface area contributed by atoms with E-state index >= 15 is 0 Å². The Morgan fingerprint density at radius 2 is 2.11 bits per heavy atom. The molecule has 0 spiro atoms. The average Bonchev–Trinajstić information content (AvgIpc) is 3.12. The van der Waals surface area contributed by atoms with Crippen molar-refractivity contribution < 1.29 is 14.0 Å². The summed E-state index contributed by atoms with van der Waals surface area (Å²) >= 11 is 0. The van der Waals surface area contributed by atoms with Gasteiger partial charge in [0, 0.05) is 24.7 Å². The summed E-state index contributed by atoms with van der Waals surface area (Å²) in [5, 5.41) is 5.40. The lowest BCUT2D eigenvalue weighted by Crippen LogP contribution is -2.31. The van der Waals surface area contributed by atoms with Gasteiger partial charge in [0.2, 0.25) is 5.91 Å². The molecule has 1 fully saturated rings. The predicted octanol–water partition coefficient (Wildman–Crippen LogP) is 0.806. The number of nitrogen functional groups attached to an aromatic ring is 1. The molecule has 102 valence electrons. The highest BCUT2D eigenvalue weighted by atomic mass is 19.1. The Morgan fingerprint density at radius 1 is 1.37 bits per heavy atom. The van der Waals surface area contributed by atoms with E-state index < -0.39 is 11.7 Å². The number of carbonyl (C=O) groups is 2. The molecule has 1 saturated carbocycles. The summed E-state index contributed by atoms with van der Waals surface area (Å²) in [7, 11) is 0. The van der Waals surface area contributed by atoms with Gasteiger partial charge in [-0.3, -0.25) is 9.59 Å². The van der Waals surface area contributed by atoms with Crippen LogP contribution in [0.5, 0.6) is 0 Å². The molecule has 1 aromatic carbocycles. The van der Waals surface area contributed by atoms with Crippen LogP contribution in [0.2, 0.25) is 0 Å². The summed E-state index contributed by atoms with van der Waals surface area (Å²) in [5.41, 5.74) is 5.84. The van der Waals surface area contributed by atoms with Gasteiger partial charge in [-0.1, -0.05) is 0 Å². The van der Waals surface area contributed by atoms with Gasteiger partial charge in [-0.25, -0.2) is 4.39 Å². The van der Waals surface area contributed by atoms with E-state index in [0.717, 1.165) is 18.9 Å². The fraction of sp³-hybridized carbons (Fsp3) is 0.385. The molecule has 0 bridgehead atoms. The summed E-state index contributed by atoms with van der Waals surface area (Å²) in [4.78, 5) is 23.1. The van der Waals surface area contributed by atoms with Crippen LogP contribution in [0.3, 0.4) is 0 Å². The molecule has 19 heavy (non-hydrogen) atoms. The normalized spacial score (nSPS) is 13.9. The van der Waals surface area contributed by atoms with Crippen LogP contribution in [-0.4, -0.2) is 24.4 Å². The molecule has 4 N–H and O–H groups in total. The summed E-state index contributed by atoms with van der Waals surface area (Å²) < 4.78 is 12.8. The van der Waals surface area contributed by atoms with Crippen LogP contribution in [0.15, 0.2) is 18.2 Å². The number of hydrogen-bond donors (Lipinski definition) is 3. The molecule has 0 unspecified atom stereocenters. The van der Waals surface area contributed by atoms with E-state index in [1.165, 1.54) is 12.1 Å². The van der Waals surface area contributed by atoms with E-state index in [1.54, 1.807) is 0 Å². The number of amides is 2. The third-order valence-electron chi connectivity index (χ3n) is 2.84. The fourth-order valence-electron chi connectivity index (χ4n) is 1.65. The van der Waals surface area contributed by atoms with Gasteiger partial charge < -0.3 is 16.4 Å². The molecule has 6 heteroatoms. The van der Waals surface area contributed by atoms with Gasteiger partial charge in [0.15, 0.2) is 0 Å². The second-order valence-corrected chi connectivity index (χ2v) is 4.58. The SMILES string of the molecule is Nc1cc(F)ccc1C(=O)NCCC(=O)NC1CC1. The zero-order valence-corrected chi connectivity index (χ0v) is 10.4. The topological polar surface area (TPSA) is 84.2 Å². The summed E-state index contributed by atoms with van der Waals surface area (Å²) in [6, 6.07) is 3.90. The van der Waals surface area contributed by atoms with Gasteiger partial charge >= 0.3 is 0 Å². The quantitative estimate of drug-likeness (QED) is 0.689. The van der Waals surface area contributed by atoms with E-state index in [2.05, 4.69) is 10.6 Å². The minimum Gasteiger partial charge on any atom is -0.398 e. The minimum absolute atomic E-state index is 0.0742. The molecule has 2 rings (SSSR count). The largest absolute Gasteiger partial charge is 0.398 e. The molecular formula is C13H16FN3O2. The molecule has 1 aliphatic carbocycles. The van der Waals surface area contributed by atoms with Crippen LogP contribution >= 0.6 is 0 Å². The molecule has 2 amide bonds. The van der Waals surface area contributed by atoms with Gasteiger partial charge in [0.05, 0.1) is 5.56 Å². The Hall–Kier alpha value is -2.11. The van der Waals surface area contributed by atoms with Crippen molar-refractivity contribution in [3.8, 4) is 0 Å². The molecule has 1 aliphatic rings. The van der Waals surface area contributed by atoms with Crippen molar-refractivity contribution in [2.45, 2.75) is 25.3 Å². The van der Waals surface area contributed by atoms with E-state index in [-0.39, 0.29) is 30.1 Å². The zero-order chi connectivity index (χ0) is 13.8. The molecule has 0 heterocycles. The first-order valence-corrected chi connectivity index (χ1v) is 6.19. The van der Waals surface area contributed by atoms with E-state index in [9.17, 15) is 14.0 Å². The molecule has 5 nitrogen and oxygen atoms in total. The molecule has 1 aromatic rings. The van der Waals surface area contributed by atoms with Gasteiger partial charge in [0.25, 0.3) is 5.91 Å². The monoisotopic (exact) mass is 265 g/mol. The number of anilines is 1. The molecule has 0 saturated heterocycles. The van der Waals surface area contributed by atoms with Crippen molar-refractivity contribution in [1.29, 1.82) is 0 Å². The van der Waals surface area contributed by atoms with Crippen molar-refractivity contribution in [1.82, 2.24) is 10.6 Å². The number of hydrogen-bond acceptors (Lipinski definition) is 3. The molecule has 0 aromatic heterocycles. The van der Waals surface area contributed by atoms with Crippen molar-refractivity contribution in [3.63, 3.8) is 0 Å². The maximum atomic E-state index is 12.8. The fourth-order valence-corrected chi connectivity index (χ4v) is 1.65. The Kier molecular flexibility index (Phi) is 3.99. The standard InChI is InChI=1S/C13H16FN3O2/c14-8-1-4-10(11(15)7-8)13(19)16-6-5-12(18)17-9-2-3-9/h1,4,7,9H,2-3,5-6,15H2,(H,16,19)(H,17,18). The predicted molar refractivity (Wildman–Crippen MR) is 68.9 cm³/mol. The van der Waals surface area contributed by atoms with Crippen LogP contribution in [0.4, 0.5) is 10.1 Å². The number of halogens is 1.